The summed E-state index contributed by atoms with van der Waals surface area (Å²) in [6, 6.07) is 6.91. The van der Waals surface area contributed by atoms with Crippen LogP contribution in [0, 0.1) is 6.92 Å². The van der Waals surface area contributed by atoms with Crippen LogP contribution in [0.5, 0.6) is 5.75 Å². The lowest BCUT2D eigenvalue weighted by molar-refractivity contribution is -0.120. The second-order valence-corrected chi connectivity index (χ2v) is 6.92. The average molecular weight is 370 g/mol. The Balaban J connectivity index is 1.52. The molecule has 2 aliphatic heterocycles. The number of anilines is 2. The smallest absolute Gasteiger partial charge is 0.322 e. The monoisotopic (exact) mass is 370 g/mol. The van der Waals surface area contributed by atoms with Gasteiger partial charge in [-0.25, -0.2) is 4.79 Å². The van der Waals surface area contributed by atoms with Gasteiger partial charge in [-0.15, -0.1) is 0 Å². The van der Waals surface area contributed by atoms with Crippen LogP contribution in [0.2, 0.25) is 0 Å². The number of ether oxygens (including phenoxy) is 1. The number of rotatable bonds is 2. The van der Waals surface area contributed by atoms with Crippen LogP contribution >= 0.6 is 0 Å². The van der Waals surface area contributed by atoms with E-state index in [0.717, 1.165) is 30.7 Å². The number of nitrogens with zero attached hydrogens (tertiary/aromatic N) is 3. The zero-order chi connectivity index (χ0) is 19.0. The molecule has 3 amide bonds. The number of aromatic nitrogens is 1. The molecule has 142 valence electrons. The van der Waals surface area contributed by atoms with Crippen molar-refractivity contribution in [3.8, 4) is 5.75 Å². The Morgan fingerprint density at radius 3 is 2.93 bits per heavy atom. The summed E-state index contributed by atoms with van der Waals surface area (Å²) in [5.74, 6) is 1.22. The van der Waals surface area contributed by atoms with Gasteiger partial charge < -0.3 is 24.4 Å². The molecule has 1 aromatic carbocycles. The highest BCUT2D eigenvalue weighted by atomic mass is 16.5. The van der Waals surface area contributed by atoms with Gasteiger partial charge in [-0.1, -0.05) is 5.16 Å². The van der Waals surface area contributed by atoms with Crippen LogP contribution < -0.4 is 15.0 Å². The highest BCUT2D eigenvalue weighted by molar-refractivity contribution is 5.98. The maximum absolute atomic E-state index is 12.9. The normalized spacial score (nSPS) is 19.5. The van der Waals surface area contributed by atoms with Crippen molar-refractivity contribution < 1.29 is 18.8 Å². The summed E-state index contributed by atoms with van der Waals surface area (Å²) in [6.07, 6.45) is 2.87. The summed E-state index contributed by atoms with van der Waals surface area (Å²) in [6.45, 7) is 2.51. The first kappa shape index (κ1) is 17.4. The molecule has 0 aliphatic carbocycles. The van der Waals surface area contributed by atoms with Crippen LogP contribution in [0.3, 0.4) is 0 Å². The van der Waals surface area contributed by atoms with E-state index in [2.05, 4.69) is 10.5 Å². The Morgan fingerprint density at radius 2 is 2.15 bits per heavy atom. The van der Waals surface area contributed by atoms with Crippen molar-refractivity contribution >= 4 is 23.3 Å². The molecule has 1 atom stereocenters. The number of hydrogen-bond donors (Lipinski definition) is 1. The minimum Gasteiger partial charge on any atom is -0.481 e. The first-order valence-electron chi connectivity index (χ1n) is 9.07. The molecule has 0 unspecified atom stereocenters. The fraction of sp³-hybridized carbons (Fsp3) is 0.421. The third-order valence-electron chi connectivity index (χ3n) is 5.05. The van der Waals surface area contributed by atoms with Gasteiger partial charge >= 0.3 is 6.03 Å². The van der Waals surface area contributed by atoms with E-state index in [9.17, 15) is 9.59 Å². The van der Waals surface area contributed by atoms with E-state index in [1.54, 1.807) is 35.0 Å². The van der Waals surface area contributed by atoms with Crippen LogP contribution in [-0.4, -0.2) is 42.2 Å². The summed E-state index contributed by atoms with van der Waals surface area (Å²) in [5, 5.41) is 7.04. The molecule has 2 aromatic rings. The van der Waals surface area contributed by atoms with Gasteiger partial charge in [0.15, 0.2) is 6.61 Å². The Bertz CT molecular complexity index is 878. The quantitative estimate of drug-likeness (QED) is 0.878. The Hall–Kier alpha value is -3.03. The lowest BCUT2D eigenvalue weighted by Gasteiger charge is -2.34. The van der Waals surface area contributed by atoms with Crippen LogP contribution in [0.4, 0.5) is 16.2 Å². The third-order valence-corrected chi connectivity index (χ3v) is 5.05. The molecule has 2 aliphatic rings. The molecule has 0 spiro atoms. The minimum absolute atomic E-state index is 0.000604. The summed E-state index contributed by atoms with van der Waals surface area (Å²) in [5.41, 5.74) is 2.11. The molecule has 4 rings (SSSR count). The van der Waals surface area contributed by atoms with E-state index in [1.165, 1.54) is 0 Å². The zero-order valence-electron chi connectivity index (χ0n) is 15.4. The van der Waals surface area contributed by atoms with Crippen LogP contribution in [-0.2, 0) is 4.79 Å². The van der Waals surface area contributed by atoms with Gasteiger partial charge in [-0.3, -0.25) is 4.79 Å². The summed E-state index contributed by atoms with van der Waals surface area (Å²) in [4.78, 5) is 28.0. The van der Waals surface area contributed by atoms with Gasteiger partial charge in [0.2, 0.25) is 0 Å². The topological polar surface area (TPSA) is 87.9 Å². The van der Waals surface area contributed by atoms with Crippen LogP contribution in [0.25, 0.3) is 0 Å². The first-order chi connectivity index (χ1) is 13.0. The Morgan fingerprint density at radius 1 is 1.30 bits per heavy atom. The molecule has 0 bridgehead atoms. The predicted molar refractivity (Wildman–Crippen MR) is 98.9 cm³/mol. The van der Waals surface area contributed by atoms with Gasteiger partial charge in [0.05, 0.1) is 11.7 Å². The Labute approximate surface area is 157 Å². The molecular weight excluding hydrogens is 348 g/mol. The first-order valence-corrected chi connectivity index (χ1v) is 9.07. The van der Waals surface area contributed by atoms with Crippen molar-refractivity contribution in [1.29, 1.82) is 0 Å². The largest absolute Gasteiger partial charge is 0.481 e. The number of nitrogens with one attached hydrogen (secondary N) is 1. The number of likely N-dealkylation sites (N-methyl/N-ethyl adjacent to an activating group) is 1. The number of hydrogen-bond acceptors (Lipinski definition) is 5. The standard InChI is InChI=1S/C19H22N4O4/c1-12-9-14(21-27-12)15-5-3-4-8-23(15)19(25)20-13-6-7-16-17(10-13)26-11-18(24)22(16)2/h6-7,9-10,15H,3-5,8,11H2,1-2H3,(H,20,25)/t15-/m0/s1. The van der Waals surface area contributed by atoms with Gasteiger partial charge in [0, 0.05) is 31.4 Å². The molecule has 0 saturated carbocycles. The number of fused-ring (bicyclic) bond motifs is 1. The van der Waals surface area contributed by atoms with Gasteiger partial charge in [0.25, 0.3) is 5.91 Å². The number of benzene rings is 1. The van der Waals surface area contributed by atoms with Crippen LogP contribution in [0.15, 0.2) is 28.8 Å². The van der Waals surface area contributed by atoms with E-state index in [4.69, 9.17) is 9.26 Å². The summed E-state index contributed by atoms with van der Waals surface area (Å²) >= 11 is 0. The van der Waals surface area contributed by atoms with Crippen molar-refractivity contribution in [2.24, 2.45) is 0 Å². The number of urea groups is 1. The SMILES string of the molecule is Cc1cc([C@@H]2CCCCN2C(=O)Nc2ccc3c(c2)OCC(=O)N3C)no1. The summed E-state index contributed by atoms with van der Waals surface area (Å²) < 4.78 is 10.7. The van der Waals surface area contributed by atoms with Crippen molar-refractivity contribution in [1.82, 2.24) is 10.1 Å². The second kappa shape index (κ2) is 6.94. The molecule has 1 aromatic heterocycles. The molecule has 27 heavy (non-hydrogen) atoms. The fourth-order valence-electron chi connectivity index (χ4n) is 3.58. The van der Waals surface area contributed by atoms with Gasteiger partial charge in [0.1, 0.15) is 17.2 Å². The van der Waals surface area contributed by atoms with Crippen molar-refractivity contribution in [2.45, 2.75) is 32.2 Å². The number of likely N-dealkylation sites (tertiary alicyclic amines) is 1. The third kappa shape index (κ3) is 3.34. The molecule has 8 heteroatoms. The van der Waals surface area contributed by atoms with Gasteiger partial charge in [-0.05, 0) is 38.3 Å². The van der Waals surface area contributed by atoms with Crippen molar-refractivity contribution in [2.75, 3.05) is 30.4 Å². The summed E-state index contributed by atoms with van der Waals surface area (Å²) in [7, 11) is 1.71. The number of carbonyl (C=O) groups excluding carboxylic acids is 2. The predicted octanol–water partition coefficient (Wildman–Crippen LogP) is 3.10. The van der Waals surface area contributed by atoms with Crippen molar-refractivity contribution in [3.63, 3.8) is 0 Å². The van der Waals surface area contributed by atoms with E-state index in [0.29, 0.717) is 23.7 Å². The molecule has 1 N–H and O–H groups in total. The molecule has 0 radical (unpaired) electrons. The van der Waals surface area contributed by atoms with E-state index < -0.39 is 0 Å². The van der Waals surface area contributed by atoms with E-state index in [-0.39, 0.29) is 24.6 Å². The number of carbonyl (C=O) groups is 2. The average Bonchev–Trinajstić information content (AvgIpc) is 3.11. The van der Waals surface area contributed by atoms with Crippen molar-refractivity contribution in [3.05, 3.63) is 35.7 Å². The highest BCUT2D eigenvalue weighted by Gasteiger charge is 2.30. The maximum atomic E-state index is 12.9. The number of aryl methyl sites for hydroxylation is 1. The lowest BCUT2D eigenvalue weighted by atomic mass is 9.99. The molecule has 1 fully saturated rings. The van der Waals surface area contributed by atoms with Gasteiger partial charge in [-0.2, -0.15) is 0 Å². The second-order valence-electron chi connectivity index (χ2n) is 6.92. The number of amides is 3. The van der Waals surface area contributed by atoms with E-state index >= 15 is 0 Å². The zero-order valence-corrected chi connectivity index (χ0v) is 15.4. The maximum Gasteiger partial charge on any atom is 0.322 e. The minimum atomic E-state index is -0.180. The molecule has 1 saturated heterocycles. The molecule has 8 nitrogen and oxygen atoms in total. The Kier molecular flexibility index (Phi) is 4.47. The van der Waals surface area contributed by atoms with Crippen LogP contribution in [0.1, 0.15) is 36.8 Å². The number of piperidine rings is 1. The highest BCUT2D eigenvalue weighted by Crippen LogP contribution is 2.35. The fourth-order valence-corrected chi connectivity index (χ4v) is 3.58. The molecular formula is C19H22N4O4. The molecule has 3 heterocycles. The van der Waals surface area contributed by atoms with E-state index in [1.807, 2.05) is 13.0 Å². The lowest BCUT2D eigenvalue weighted by Crippen LogP contribution is -2.41.